The third-order valence-electron chi connectivity index (χ3n) is 3.05. The monoisotopic (exact) mass is 426 g/mol. The summed E-state index contributed by atoms with van der Waals surface area (Å²) < 4.78 is 0. The quantitative estimate of drug-likeness (QED) is 0.147. The number of aliphatic carboxylic acids is 3. The minimum absolute atomic E-state index is 0.0256. The second-order valence-corrected chi connectivity index (χ2v) is 5.87. The Morgan fingerprint density at radius 3 is 1.89 bits per heavy atom. The van der Waals surface area contributed by atoms with Crippen molar-refractivity contribution in [2.24, 2.45) is 11.5 Å². The first kappa shape index (κ1) is 27.8. The maximum atomic E-state index is 11.5. The molecule has 0 radical (unpaired) electrons. The van der Waals surface area contributed by atoms with E-state index in [2.05, 4.69) is 23.3 Å². The molecule has 28 heavy (non-hydrogen) atoms. The molecule has 2 amide bonds. The zero-order valence-electron chi connectivity index (χ0n) is 15.1. The highest BCUT2D eigenvalue weighted by Gasteiger charge is 2.21. The Kier molecular flexibility index (Phi) is 14.5. The standard InChI is InChI=1S/C10H17N3O6S.C4H9NO3/c11-5(10(18)19)1-2-7(14)13-6(4-20)9(17)12-3-8(15)16;1-2(6)3(5)4(7)8/h5-6,20H,1-4,11H2,(H,12,17)(H,13,14)(H,15,16)(H,18,19);2-3,6H,5H2,1H3,(H,7,8)/t5-,6-;2-,3+/m01/s1. The van der Waals surface area contributed by atoms with Crippen LogP contribution in [0.1, 0.15) is 19.8 Å². The van der Waals surface area contributed by atoms with Crippen LogP contribution in [0.4, 0.5) is 0 Å². The molecule has 0 saturated carbocycles. The fourth-order valence-corrected chi connectivity index (χ4v) is 1.62. The predicted octanol–water partition coefficient (Wildman–Crippen LogP) is -3.43. The Hall–Kier alpha value is -2.42. The van der Waals surface area contributed by atoms with Crippen molar-refractivity contribution in [2.75, 3.05) is 12.3 Å². The maximum Gasteiger partial charge on any atom is 0.323 e. The molecule has 0 aliphatic carbocycles. The predicted molar refractivity (Wildman–Crippen MR) is 98.6 cm³/mol. The van der Waals surface area contributed by atoms with E-state index in [0.717, 1.165) is 0 Å². The molecule has 0 saturated heterocycles. The average Bonchev–Trinajstić information content (AvgIpc) is 2.61. The molecule has 0 fully saturated rings. The molecule has 0 bridgehead atoms. The molecule has 0 heterocycles. The van der Waals surface area contributed by atoms with E-state index >= 15 is 0 Å². The van der Waals surface area contributed by atoms with Crippen molar-refractivity contribution in [3.8, 4) is 0 Å². The summed E-state index contributed by atoms with van der Waals surface area (Å²) in [6.07, 6.45) is -1.21. The van der Waals surface area contributed by atoms with E-state index in [1.54, 1.807) is 0 Å². The summed E-state index contributed by atoms with van der Waals surface area (Å²) in [4.78, 5) is 53.6. The lowest BCUT2D eigenvalue weighted by Gasteiger charge is -2.16. The van der Waals surface area contributed by atoms with Gasteiger partial charge in [0.2, 0.25) is 11.8 Å². The summed E-state index contributed by atoms with van der Waals surface area (Å²) in [5.41, 5.74) is 10.1. The maximum absolute atomic E-state index is 11.5. The van der Waals surface area contributed by atoms with Gasteiger partial charge < -0.3 is 42.5 Å². The lowest BCUT2D eigenvalue weighted by molar-refractivity contribution is -0.141. The number of carboxylic acids is 3. The van der Waals surface area contributed by atoms with E-state index < -0.39 is 60.5 Å². The van der Waals surface area contributed by atoms with Gasteiger partial charge in [-0.1, -0.05) is 0 Å². The lowest BCUT2D eigenvalue weighted by Crippen LogP contribution is -2.49. The van der Waals surface area contributed by atoms with Crippen LogP contribution in [0.25, 0.3) is 0 Å². The molecular formula is C14H26N4O9S. The minimum Gasteiger partial charge on any atom is -0.480 e. The Morgan fingerprint density at radius 2 is 1.57 bits per heavy atom. The molecule has 0 aliphatic heterocycles. The number of carbonyl (C=O) groups excluding carboxylic acids is 2. The summed E-state index contributed by atoms with van der Waals surface area (Å²) in [7, 11) is 0. The summed E-state index contributed by atoms with van der Waals surface area (Å²) in [5.74, 6) is -4.88. The van der Waals surface area contributed by atoms with Crippen LogP contribution in [0.3, 0.4) is 0 Å². The average molecular weight is 426 g/mol. The van der Waals surface area contributed by atoms with Crippen LogP contribution < -0.4 is 22.1 Å². The number of carbonyl (C=O) groups is 5. The van der Waals surface area contributed by atoms with Crippen molar-refractivity contribution >= 4 is 42.4 Å². The Bertz CT molecular complexity index is 559. The van der Waals surface area contributed by atoms with E-state index in [4.69, 9.17) is 31.9 Å². The Balaban J connectivity index is 0. The molecule has 13 nitrogen and oxygen atoms in total. The van der Waals surface area contributed by atoms with E-state index in [1.165, 1.54) is 6.92 Å². The Labute approximate surface area is 165 Å². The molecular weight excluding hydrogens is 400 g/mol. The van der Waals surface area contributed by atoms with Gasteiger partial charge in [0.1, 0.15) is 24.7 Å². The number of amides is 2. The fraction of sp³-hybridized carbons (Fsp3) is 0.643. The number of nitrogens with one attached hydrogen (secondary N) is 2. The number of thiol groups is 1. The van der Waals surface area contributed by atoms with Crippen molar-refractivity contribution in [2.45, 2.75) is 44.0 Å². The van der Waals surface area contributed by atoms with E-state index in [9.17, 15) is 24.0 Å². The molecule has 0 spiro atoms. The minimum atomic E-state index is -1.22. The van der Waals surface area contributed by atoms with Crippen LogP contribution in [0, 0.1) is 0 Å². The normalized spacial score (nSPS) is 14.3. The van der Waals surface area contributed by atoms with Gasteiger partial charge in [0, 0.05) is 12.2 Å². The third kappa shape index (κ3) is 13.7. The molecule has 14 heteroatoms. The highest BCUT2D eigenvalue weighted by molar-refractivity contribution is 7.80. The first-order valence-electron chi connectivity index (χ1n) is 7.88. The zero-order chi connectivity index (χ0) is 22.4. The van der Waals surface area contributed by atoms with Gasteiger partial charge in [-0.3, -0.25) is 24.0 Å². The molecule has 0 rings (SSSR count). The van der Waals surface area contributed by atoms with Crippen LogP contribution in [-0.4, -0.2) is 86.7 Å². The van der Waals surface area contributed by atoms with E-state index in [0.29, 0.717) is 0 Å². The molecule has 0 unspecified atom stereocenters. The van der Waals surface area contributed by atoms with Crippen molar-refractivity contribution in [1.82, 2.24) is 10.6 Å². The van der Waals surface area contributed by atoms with Crippen molar-refractivity contribution in [3.63, 3.8) is 0 Å². The van der Waals surface area contributed by atoms with Crippen molar-refractivity contribution < 1.29 is 44.4 Å². The highest BCUT2D eigenvalue weighted by atomic mass is 32.1. The molecule has 0 aliphatic rings. The summed E-state index contributed by atoms with van der Waals surface area (Å²) in [6.45, 7) is 0.766. The van der Waals surface area contributed by atoms with E-state index in [1.807, 2.05) is 0 Å². The van der Waals surface area contributed by atoms with Gasteiger partial charge in [-0.15, -0.1) is 0 Å². The molecule has 0 aromatic heterocycles. The topological polar surface area (TPSA) is 242 Å². The van der Waals surface area contributed by atoms with Gasteiger partial charge >= 0.3 is 17.9 Å². The molecule has 10 N–H and O–H groups in total. The smallest absolute Gasteiger partial charge is 0.323 e. The number of hydrogen-bond donors (Lipinski definition) is 9. The molecule has 0 aromatic carbocycles. The van der Waals surface area contributed by atoms with Gasteiger partial charge in [-0.05, 0) is 13.3 Å². The van der Waals surface area contributed by atoms with Crippen LogP contribution >= 0.6 is 12.6 Å². The molecule has 162 valence electrons. The van der Waals surface area contributed by atoms with Gasteiger partial charge in [-0.2, -0.15) is 12.6 Å². The number of rotatable bonds is 11. The van der Waals surface area contributed by atoms with Crippen molar-refractivity contribution in [3.05, 3.63) is 0 Å². The Morgan fingerprint density at radius 1 is 1.04 bits per heavy atom. The summed E-state index contributed by atoms with van der Waals surface area (Å²) in [5, 5.41) is 37.9. The first-order valence-corrected chi connectivity index (χ1v) is 8.51. The van der Waals surface area contributed by atoms with Crippen LogP contribution in [-0.2, 0) is 24.0 Å². The van der Waals surface area contributed by atoms with Crippen molar-refractivity contribution in [1.29, 1.82) is 0 Å². The van der Waals surface area contributed by atoms with Crippen LogP contribution in [0.15, 0.2) is 0 Å². The van der Waals surface area contributed by atoms with Gasteiger partial charge in [0.05, 0.1) is 6.10 Å². The number of aliphatic hydroxyl groups excluding tert-OH is 1. The zero-order valence-corrected chi connectivity index (χ0v) is 16.0. The van der Waals surface area contributed by atoms with Gasteiger partial charge in [-0.25, -0.2) is 0 Å². The van der Waals surface area contributed by atoms with Crippen LogP contribution in [0.5, 0.6) is 0 Å². The highest BCUT2D eigenvalue weighted by Crippen LogP contribution is 1.97. The summed E-state index contributed by atoms with van der Waals surface area (Å²) in [6, 6.07) is -3.31. The second-order valence-electron chi connectivity index (χ2n) is 5.50. The number of nitrogens with two attached hydrogens (primary N) is 2. The number of carboxylic acid groups (broad SMARTS) is 3. The number of aliphatic hydroxyl groups is 1. The third-order valence-corrected chi connectivity index (χ3v) is 3.42. The molecule has 4 atom stereocenters. The fourth-order valence-electron chi connectivity index (χ4n) is 1.36. The van der Waals surface area contributed by atoms with E-state index in [-0.39, 0.29) is 18.6 Å². The summed E-state index contributed by atoms with van der Waals surface area (Å²) >= 11 is 3.87. The van der Waals surface area contributed by atoms with Crippen LogP contribution in [0.2, 0.25) is 0 Å². The SMILES string of the molecule is C[C@@H](O)[C@H](N)C(=O)O.N[C@@H](CCC(=O)N[C@@H](CS)C(=O)NCC(=O)O)C(=O)O. The van der Waals surface area contributed by atoms with Gasteiger partial charge in [0.15, 0.2) is 0 Å². The first-order chi connectivity index (χ1) is 12.8. The lowest BCUT2D eigenvalue weighted by atomic mass is 10.1. The largest absolute Gasteiger partial charge is 0.480 e. The molecule has 0 aromatic rings. The second kappa shape index (κ2) is 14.6. The number of hydrogen-bond acceptors (Lipinski definition) is 9. The van der Waals surface area contributed by atoms with Gasteiger partial charge in [0.25, 0.3) is 0 Å².